The van der Waals surface area contributed by atoms with Gasteiger partial charge in [-0.3, -0.25) is 0 Å². The number of benzene rings is 1. The highest BCUT2D eigenvalue weighted by atomic mass is 16.5. The van der Waals surface area contributed by atoms with Gasteiger partial charge in [-0.25, -0.2) is 10.2 Å². The molecular formula is C16H23N3O2. The Morgan fingerprint density at radius 3 is 2.52 bits per heavy atom. The van der Waals surface area contributed by atoms with Crippen LogP contribution in [-0.2, 0) is 0 Å². The number of hydrogen-bond acceptors (Lipinski definition) is 3. The first-order chi connectivity index (χ1) is 10.2. The van der Waals surface area contributed by atoms with Gasteiger partial charge in [0.15, 0.2) is 0 Å². The molecule has 2 amide bonds. The Labute approximate surface area is 125 Å². The third-order valence-corrected chi connectivity index (χ3v) is 3.93. The lowest BCUT2D eigenvalue weighted by Crippen LogP contribution is -2.26. The quantitative estimate of drug-likeness (QED) is 0.645. The summed E-state index contributed by atoms with van der Waals surface area (Å²) in [5, 5.41) is 4.19. The summed E-state index contributed by atoms with van der Waals surface area (Å²) in [6.45, 7) is 0. The van der Waals surface area contributed by atoms with Gasteiger partial charge in [-0.2, -0.15) is 5.10 Å². The van der Waals surface area contributed by atoms with Gasteiger partial charge >= 0.3 is 6.03 Å². The molecule has 1 aromatic carbocycles. The summed E-state index contributed by atoms with van der Waals surface area (Å²) in [6.07, 6.45) is 7.21. The zero-order valence-corrected chi connectivity index (χ0v) is 12.5. The molecule has 0 radical (unpaired) electrons. The molecule has 5 nitrogen and oxygen atoms in total. The van der Waals surface area contributed by atoms with Gasteiger partial charge in [0.25, 0.3) is 0 Å². The third kappa shape index (κ3) is 4.77. The third-order valence-electron chi connectivity index (χ3n) is 3.93. The number of rotatable bonds is 5. The molecule has 0 bridgehead atoms. The van der Waals surface area contributed by atoms with Gasteiger partial charge in [-0.15, -0.1) is 0 Å². The predicted octanol–water partition coefficient (Wildman–Crippen LogP) is 3.04. The van der Waals surface area contributed by atoms with E-state index in [2.05, 4.69) is 10.5 Å². The van der Waals surface area contributed by atoms with E-state index in [1.165, 1.54) is 32.1 Å². The van der Waals surface area contributed by atoms with Crippen molar-refractivity contribution in [2.24, 2.45) is 16.8 Å². The first-order valence-electron chi connectivity index (χ1n) is 7.45. The number of hydrazone groups is 1. The van der Waals surface area contributed by atoms with Crippen LogP contribution in [0.4, 0.5) is 4.79 Å². The van der Waals surface area contributed by atoms with Crippen LogP contribution in [0, 0.1) is 5.92 Å². The summed E-state index contributed by atoms with van der Waals surface area (Å²) in [5.74, 6) is 1.44. The maximum absolute atomic E-state index is 10.9. The number of primary amides is 1. The zero-order chi connectivity index (χ0) is 15.1. The molecule has 21 heavy (non-hydrogen) atoms. The lowest BCUT2D eigenvalue weighted by molar-refractivity contribution is 0.249. The highest BCUT2D eigenvalue weighted by Crippen LogP contribution is 2.28. The number of ether oxygens (including phenoxy) is 1. The van der Waals surface area contributed by atoms with Crippen molar-refractivity contribution < 1.29 is 9.53 Å². The summed E-state index contributed by atoms with van der Waals surface area (Å²) < 4.78 is 5.17. The van der Waals surface area contributed by atoms with Crippen molar-refractivity contribution in [1.29, 1.82) is 0 Å². The van der Waals surface area contributed by atoms with Crippen molar-refractivity contribution in [3.05, 3.63) is 29.8 Å². The predicted molar refractivity (Wildman–Crippen MR) is 83.4 cm³/mol. The van der Waals surface area contributed by atoms with E-state index in [4.69, 9.17) is 10.5 Å². The lowest BCUT2D eigenvalue weighted by atomic mass is 9.84. The molecule has 0 spiro atoms. The van der Waals surface area contributed by atoms with Crippen LogP contribution in [0.15, 0.2) is 29.4 Å². The lowest BCUT2D eigenvalue weighted by Gasteiger charge is -2.22. The topological polar surface area (TPSA) is 76.7 Å². The molecule has 1 aromatic rings. The van der Waals surface area contributed by atoms with Crippen molar-refractivity contribution in [1.82, 2.24) is 5.43 Å². The van der Waals surface area contributed by atoms with Crippen molar-refractivity contribution in [2.75, 3.05) is 7.11 Å². The molecule has 0 atom stereocenters. The number of nitrogens with zero attached hydrogens (tertiary/aromatic N) is 1. The van der Waals surface area contributed by atoms with Crippen molar-refractivity contribution in [2.45, 2.75) is 38.5 Å². The molecule has 114 valence electrons. The number of nitrogens with two attached hydrogens (primary N) is 1. The standard InChI is InChI=1S/C16H23N3O2/c1-21-14-9-7-13(8-10-14)15(18-19-16(17)20)11-12-5-3-2-4-6-12/h7-10,12H,2-6,11H2,1H3,(H3,17,19,20). The summed E-state index contributed by atoms with van der Waals surface area (Å²) in [6, 6.07) is 7.09. The van der Waals surface area contributed by atoms with Gasteiger partial charge in [-0.1, -0.05) is 32.1 Å². The molecule has 5 heteroatoms. The number of nitrogens with one attached hydrogen (secondary N) is 1. The average molecular weight is 289 g/mol. The van der Waals surface area contributed by atoms with E-state index in [0.29, 0.717) is 5.92 Å². The van der Waals surface area contributed by atoms with Crippen LogP contribution in [0.1, 0.15) is 44.1 Å². The Morgan fingerprint density at radius 1 is 1.29 bits per heavy atom. The number of carbonyl (C=O) groups excluding carboxylic acids is 1. The Morgan fingerprint density at radius 2 is 1.95 bits per heavy atom. The largest absolute Gasteiger partial charge is 0.497 e. The van der Waals surface area contributed by atoms with E-state index in [-0.39, 0.29) is 0 Å². The van der Waals surface area contributed by atoms with E-state index in [1.807, 2.05) is 24.3 Å². The highest BCUT2D eigenvalue weighted by molar-refractivity contribution is 6.01. The number of hydrogen-bond donors (Lipinski definition) is 2. The van der Waals surface area contributed by atoms with Gasteiger partial charge in [0.05, 0.1) is 12.8 Å². The average Bonchev–Trinajstić information content (AvgIpc) is 2.52. The summed E-state index contributed by atoms with van der Waals surface area (Å²) in [5.41, 5.74) is 9.35. The molecule has 1 fully saturated rings. The number of methoxy groups -OCH3 is 1. The molecule has 2 rings (SSSR count). The molecule has 1 aliphatic rings. The van der Waals surface area contributed by atoms with Crippen LogP contribution in [0.5, 0.6) is 5.75 Å². The van der Waals surface area contributed by atoms with Crippen LogP contribution in [0.3, 0.4) is 0 Å². The minimum Gasteiger partial charge on any atom is -0.497 e. The summed E-state index contributed by atoms with van der Waals surface area (Å²) >= 11 is 0. The van der Waals surface area contributed by atoms with Gasteiger partial charge < -0.3 is 10.5 Å². The normalized spacial score (nSPS) is 16.5. The molecule has 3 N–H and O–H groups in total. The molecule has 0 aromatic heterocycles. The SMILES string of the molecule is COc1ccc(C(CC2CCCCC2)=NNC(N)=O)cc1. The Bertz CT molecular complexity index is 491. The van der Waals surface area contributed by atoms with Crippen molar-refractivity contribution >= 4 is 11.7 Å². The fourth-order valence-electron chi connectivity index (χ4n) is 2.80. The molecule has 0 aliphatic heterocycles. The molecular weight excluding hydrogens is 266 g/mol. The number of urea groups is 1. The van der Waals surface area contributed by atoms with Crippen LogP contribution in [0.2, 0.25) is 0 Å². The van der Waals surface area contributed by atoms with E-state index >= 15 is 0 Å². The van der Waals surface area contributed by atoms with Crippen LogP contribution in [-0.4, -0.2) is 18.9 Å². The maximum atomic E-state index is 10.9. The van der Waals surface area contributed by atoms with Gasteiger partial charge in [0.1, 0.15) is 5.75 Å². The van der Waals surface area contributed by atoms with Crippen LogP contribution < -0.4 is 15.9 Å². The molecule has 0 saturated heterocycles. The number of carbonyl (C=O) groups is 1. The first kappa shape index (κ1) is 15.4. The Balaban J connectivity index is 2.13. The molecule has 1 saturated carbocycles. The highest BCUT2D eigenvalue weighted by Gasteiger charge is 2.17. The minimum absolute atomic E-state index is 0.634. The molecule has 1 aliphatic carbocycles. The fourth-order valence-corrected chi connectivity index (χ4v) is 2.80. The Hall–Kier alpha value is -2.04. The van der Waals surface area contributed by atoms with E-state index in [1.54, 1.807) is 7.11 Å². The second-order valence-corrected chi connectivity index (χ2v) is 5.47. The van der Waals surface area contributed by atoms with Crippen LogP contribution >= 0.6 is 0 Å². The monoisotopic (exact) mass is 289 g/mol. The fraction of sp³-hybridized carbons (Fsp3) is 0.500. The van der Waals surface area contributed by atoms with E-state index in [9.17, 15) is 4.79 Å². The second kappa shape index (κ2) is 7.67. The number of amides is 2. The van der Waals surface area contributed by atoms with Crippen molar-refractivity contribution in [3.8, 4) is 5.75 Å². The summed E-state index contributed by atoms with van der Waals surface area (Å²) in [7, 11) is 1.64. The van der Waals surface area contributed by atoms with Gasteiger partial charge in [-0.05, 0) is 42.2 Å². The second-order valence-electron chi connectivity index (χ2n) is 5.47. The van der Waals surface area contributed by atoms with Crippen LogP contribution in [0.25, 0.3) is 0 Å². The van der Waals surface area contributed by atoms with E-state index < -0.39 is 6.03 Å². The van der Waals surface area contributed by atoms with Gasteiger partial charge in [0.2, 0.25) is 0 Å². The zero-order valence-electron chi connectivity index (χ0n) is 12.5. The van der Waals surface area contributed by atoms with Crippen molar-refractivity contribution in [3.63, 3.8) is 0 Å². The molecule has 0 unspecified atom stereocenters. The van der Waals surface area contributed by atoms with Gasteiger partial charge in [0, 0.05) is 0 Å². The minimum atomic E-state index is -0.635. The Kier molecular flexibility index (Phi) is 5.60. The maximum Gasteiger partial charge on any atom is 0.332 e. The summed E-state index contributed by atoms with van der Waals surface area (Å²) in [4.78, 5) is 10.9. The smallest absolute Gasteiger partial charge is 0.332 e. The van der Waals surface area contributed by atoms with E-state index in [0.717, 1.165) is 23.4 Å². The first-order valence-corrected chi connectivity index (χ1v) is 7.45. The molecule has 0 heterocycles.